The lowest BCUT2D eigenvalue weighted by molar-refractivity contribution is 0.0935. The van der Waals surface area contributed by atoms with Crippen molar-refractivity contribution in [1.29, 1.82) is 0 Å². The highest BCUT2D eigenvalue weighted by atomic mass is 16.2. The molecule has 2 N–H and O–H groups in total. The number of imidazole rings is 1. The summed E-state index contributed by atoms with van der Waals surface area (Å²) in [5.41, 5.74) is 1.83. The van der Waals surface area contributed by atoms with Gasteiger partial charge in [-0.1, -0.05) is 30.3 Å². The molecule has 1 amide bonds. The van der Waals surface area contributed by atoms with Gasteiger partial charge in [-0.25, -0.2) is 10.1 Å². The summed E-state index contributed by atoms with van der Waals surface area (Å²) in [5.74, 6) is -0.339. The standard InChI is InChI=1S/C20H17N5O2/c1-13(14-6-8-15(9-7-14)25-11-10-21-12-25)22-20(27)18-16-4-2-3-5-17(16)19(26)24-23-18/h2-13H,1H3,(H,22,27)(H,24,26)/t13-/m0/s1. The van der Waals surface area contributed by atoms with Gasteiger partial charge in [-0.05, 0) is 30.7 Å². The summed E-state index contributed by atoms with van der Waals surface area (Å²) in [6.07, 6.45) is 5.32. The number of hydrogen-bond donors (Lipinski definition) is 2. The van der Waals surface area contributed by atoms with Crippen molar-refractivity contribution in [2.24, 2.45) is 0 Å². The molecule has 7 heteroatoms. The molecule has 0 fully saturated rings. The summed E-state index contributed by atoms with van der Waals surface area (Å²) in [5, 5.41) is 10.2. The number of carbonyl (C=O) groups excluding carboxylic acids is 1. The van der Waals surface area contributed by atoms with Crippen LogP contribution in [0, 0.1) is 0 Å². The molecule has 2 aromatic heterocycles. The third kappa shape index (κ3) is 3.22. The average molecular weight is 359 g/mol. The largest absolute Gasteiger partial charge is 0.344 e. The minimum atomic E-state index is -0.339. The first-order chi connectivity index (χ1) is 13.1. The highest BCUT2D eigenvalue weighted by molar-refractivity contribution is 6.04. The molecule has 0 aliphatic carbocycles. The number of carbonyl (C=O) groups is 1. The van der Waals surface area contributed by atoms with E-state index in [2.05, 4.69) is 20.5 Å². The summed E-state index contributed by atoms with van der Waals surface area (Å²) in [4.78, 5) is 28.6. The van der Waals surface area contributed by atoms with Gasteiger partial charge >= 0.3 is 0 Å². The number of H-pyrrole nitrogens is 1. The lowest BCUT2D eigenvalue weighted by atomic mass is 10.1. The van der Waals surface area contributed by atoms with Crippen LogP contribution in [0.2, 0.25) is 0 Å². The van der Waals surface area contributed by atoms with E-state index in [0.717, 1.165) is 11.3 Å². The van der Waals surface area contributed by atoms with Crippen molar-refractivity contribution >= 4 is 16.7 Å². The second kappa shape index (κ2) is 6.87. The third-order valence-electron chi connectivity index (χ3n) is 4.45. The maximum absolute atomic E-state index is 12.7. The number of fused-ring (bicyclic) bond motifs is 1. The zero-order valence-corrected chi connectivity index (χ0v) is 14.6. The maximum Gasteiger partial charge on any atom is 0.272 e. The van der Waals surface area contributed by atoms with Crippen LogP contribution in [0.4, 0.5) is 0 Å². The van der Waals surface area contributed by atoms with E-state index in [-0.39, 0.29) is 23.2 Å². The van der Waals surface area contributed by atoms with Gasteiger partial charge in [0.05, 0.1) is 17.8 Å². The predicted octanol–water partition coefficient (Wildman–Crippen LogP) is 2.60. The molecule has 0 spiro atoms. The molecule has 0 unspecified atom stereocenters. The van der Waals surface area contributed by atoms with Crippen molar-refractivity contribution in [1.82, 2.24) is 25.1 Å². The molecule has 0 bridgehead atoms. The summed E-state index contributed by atoms with van der Waals surface area (Å²) in [6, 6.07) is 14.5. The summed E-state index contributed by atoms with van der Waals surface area (Å²) < 4.78 is 1.91. The van der Waals surface area contributed by atoms with Gasteiger partial charge in [-0.2, -0.15) is 5.10 Å². The molecule has 0 radical (unpaired) electrons. The van der Waals surface area contributed by atoms with Crippen LogP contribution in [0.15, 0.2) is 72.0 Å². The van der Waals surface area contributed by atoms with Crippen LogP contribution >= 0.6 is 0 Å². The van der Waals surface area contributed by atoms with Gasteiger partial charge in [0.15, 0.2) is 5.69 Å². The molecule has 27 heavy (non-hydrogen) atoms. The monoisotopic (exact) mass is 359 g/mol. The lowest BCUT2D eigenvalue weighted by Gasteiger charge is -2.15. The number of hydrogen-bond acceptors (Lipinski definition) is 4. The number of nitrogens with zero attached hydrogens (tertiary/aromatic N) is 3. The first kappa shape index (κ1) is 16.7. The summed E-state index contributed by atoms with van der Waals surface area (Å²) in [6.45, 7) is 1.90. The van der Waals surface area contributed by atoms with E-state index in [1.165, 1.54) is 0 Å². The minimum absolute atomic E-state index is 0.201. The predicted molar refractivity (Wildman–Crippen MR) is 102 cm³/mol. The molecule has 134 valence electrons. The molecule has 0 aliphatic heterocycles. The highest BCUT2D eigenvalue weighted by Crippen LogP contribution is 2.18. The Balaban J connectivity index is 1.56. The van der Waals surface area contributed by atoms with Crippen molar-refractivity contribution in [3.05, 3.63) is 88.9 Å². The van der Waals surface area contributed by atoms with E-state index in [0.29, 0.717) is 10.8 Å². The highest BCUT2D eigenvalue weighted by Gasteiger charge is 2.17. The third-order valence-corrected chi connectivity index (χ3v) is 4.45. The van der Waals surface area contributed by atoms with Gasteiger partial charge < -0.3 is 9.88 Å². The molecule has 1 atom stereocenters. The quantitative estimate of drug-likeness (QED) is 0.586. The second-order valence-corrected chi connectivity index (χ2v) is 6.20. The normalized spacial score (nSPS) is 12.0. The van der Waals surface area contributed by atoms with E-state index < -0.39 is 0 Å². The Morgan fingerprint density at radius 3 is 2.56 bits per heavy atom. The van der Waals surface area contributed by atoms with Gasteiger partial charge in [-0.15, -0.1) is 0 Å². The zero-order valence-electron chi connectivity index (χ0n) is 14.6. The van der Waals surface area contributed by atoms with Crippen LogP contribution in [-0.4, -0.2) is 25.7 Å². The van der Waals surface area contributed by atoms with Gasteiger partial charge in [0.25, 0.3) is 11.5 Å². The van der Waals surface area contributed by atoms with Crippen LogP contribution in [0.3, 0.4) is 0 Å². The Bertz CT molecular complexity index is 1150. The van der Waals surface area contributed by atoms with Crippen molar-refractivity contribution in [2.45, 2.75) is 13.0 Å². The number of nitrogens with one attached hydrogen (secondary N) is 2. The lowest BCUT2D eigenvalue weighted by Crippen LogP contribution is -2.29. The maximum atomic E-state index is 12.7. The Kier molecular flexibility index (Phi) is 4.25. The fraction of sp³-hybridized carbons (Fsp3) is 0.100. The van der Waals surface area contributed by atoms with E-state index >= 15 is 0 Å². The molecule has 0 saturated carbocycles. The average Bonchev–Trinajstić information content (AvgIpc) is 3.23. The molecule has 7 nitrogen and oxygen atoms in total. The number of aromatic amines is 1. The van der Waals surface area contributed by atoms with Crippen LogP contribution < -0.4 is 10.9 Å². The molecule has 4 rings (SSSR count). The van der Waals surface area contributed by atoms with E-state index in [9.17, 15) is 9.59 Å². The van der Waals surface area contributed by atoms with Crippen molar-refractivity contribution in [3.8, 4) is 5.69 Å². The van der Waals surface area contributed by atoms with Gasteiger partial charge in [-0.3, -0.25) is 9.59 Å². The Labute approximate surface area is 154 Å². The molecule has 2 aromatic carbocycles. The van der Waals surface area contributed by atoms with Gasteiger partial charge in [0, 0.05) is 23.5 Å². The number of benzene rings is 2. The topological polar surface area (TPSA) is 92.7 Å². The van der Waals surface area contributed by atoms with E-state index in [1.54, 1.807) is 36.8 Å². The van der Waals surface area contributed by atoms with Crippen LogP contribution in [-0.2, 0) is 0 Å². The van der Waals surface area contributed by atoms with Crippen molar-refractivity contribution in [3.63, 3.8) is 0 Å². The van der Waals surface area contributed by atoms with Crippen LogP contribution in [0.5, 0.6) is 0 Å². The fourth-order valence-electron chi connectivity index (χ4n) is 2.98. The van der Waals surface area contributed by atoms with Crippen molar-refractivity contribution < 1.29 is 4.79 Å². The Hall–Kier alpha value is -3.74. The smallest absolute Gasteiger partial charge is 0.272 e. The first-order valence-electron chi connectivity index (χ1n) is 8.50. The SMILES string of the molecule is C[C@H](NC(=O)c1n[nH]c(=O)c2ccccc12)c1ccc(-n2ccnc2)cc1. The first-order valence-corrected chi connectivity index (χ1v) is 8.50. The summed E-state index contributed by atoms with van der Waals surface area (Å²) in [7, 11) is 0. The number of amides is 1. The molecular weight excluding hydrogens is 342 g/mol. The van der Waals surface area contributed by atoms with E-state index in [4.69, 9.17) is 0 Å². The van der Waals surface area contributed by atoms with Gasteiger partial charge in [0.1, 0.15) is 0 Å². The molecular formula is C20H17N5O2. The second-order valence-electron chi connectivity index (χ2n) is 6.20. The Morgan fingerprint density at radius 1 is 1.11 bits per heavy atom. The van der Waals surface area contributed by atoms with Crippen LogP contribution in [0.1, 0.15) is 29.0 Å². The molecule has 0 aliphatic rings. The Morgan fingerprint density at radius 2 is 1.85 bits per heavy atom. The van der Waals surface area contributed by atoms with Gasteiger partial charge in [0.2, 0.25) is 0 Å². The van der Waals surface area contributed by atoms with Crippen molar-refractivity contribution in [2.75, 3.05) is 0 Å². The molecule has 2 heterocycles. The van der Waals surface area contributed by atoms with Crippen LogP contribution in [0.25, 0.3) is 16.5 Å². The molecule has 0 saturated heterocycles. The summed E-state index contributed by atoms with van der Waals surface area (Å²) >= 11 is 0. The zero-order chi connectivity index (χ0) is 18.8. The molecule has 4 aromatic rings. The number of aromatic nitrogens is 4. The number of rotatable bonds is 4. The fourth-order valence-corrected chi connectivity index (χ4v) is 2.98. The van der Waals surface area contributed by atoms with E-state index in [1.807, 2.05) is 42.0 Å². The minimum Gasteiger partial charge on any atom is -0.344 e.